The van der Waals surface area contributed by atoms with E-state index in [1.165, 1.54) is 16.7 Å². The largest absolute Gasteiger partial charge is 0.325 e. The third-order valence-corrected chi connectivity index (χ3v) is 4.66. The number of piperazine rings is 1. The Hall–Kier alpha value is -2.17. The summed E-state index contributed by atoms with van der Waals surface area (Å²) in [7, 11) is 0. The number of hydrogen-bond donors (Lipinski definition) is 1. The summed E-state index contributed by atoms with van der Waals surface area (Å²) in [4.78, 5) is 16.9. The molecule has 4 nitrogen and oxygen atoms in total. The van der Waals surface area contributed by atoms with Gasteiger partial charge < -0.3 is 5.32 Å². The lowest BCUT2D eigenvalue weighted by molar-refractivity contribution is -0.117. The number of carbonyl (C=O) groups excluding carboxylic acids is 1. The van der Waals surface area contributed by atoms with Crippen LogP contribution in [0, 0.1) is 13.8 Å². The Balaban J connectivity index is 1.42. The van der Waals surface area contributed by atoms with Gasteiger partial charge in [-0.15, -0.1) is 0 Å². The lowest BCUT2D eigenvalue weighted by atomic mass is 10.1. The summed E-state index contributed by atoms with van der Waals surface area (Å²) in [6.45, 7) is 9.52. The van der Waals surface area contributed by atoms with E-state index in [9.17, 15) is 4.79 Å². The van der Waals surface area contributed by atoms with Crippen LogP contribution in [-0.4, -0.2) is 48.4 Å². The molecule has 1 N–H and O–H groups in total. The predicted octanol–water partition coefficient (Wildman–Crippen LogP) is 3.06. The van der Waals surface area contributed by atoms with Gasteiger partial charge in [-0.2, -0.15) is 0 Å². The Morgan fingerprint density at radius 2 is 1.60 bits per heavy atom. The SMILES string of the molecule is Cc1ccc(NC(=O)CN2CCN(Cc3cccc(C)c3)CC2)cc1. The molecule has 132 valence electrons. The molecule has 0 bridgehead atoms. The van der Waals surface area contributed by atoms with E-state index in [-0.39, 0.29) is 5.91 Å². The van der Waals surface area contributed by atoms with Crippen LogP contribution in [0.1, 0.15) is 16.7 Å². The Morgan fingerprint density at radius 1 is 0.920 bits per heavy atom. The minimum Gasteiger partial charge on any atom is -0.325 e. The van der Waals surface area contributed by atoms with Crippen LogP contribution in [0.4, 0.5) is 5.69 Å². The van der Waals surface area contributed by atoms with Gasteiger partial charge in [0.05, 0.1) is 6.54 Å². The molecule has 2 aromatic rings. The van der Waals surface area contributed by atoms with E-state index in [1.807, 2.05) is 31.2 Å². The van der Waals surface area contributed by atoms with Crippen LogP contribution in [0.2, 0.25) is 0 Å². The van der Waals surface area contributed by atoms with Gasteiger partial charge >= 0.3 is 0 Å². The van der Waals surface area contributed by atoms with Crippen molar-refractivity contribution < 1.29 is 4.79 Å². The van der Waals surface area contributed by atoms with Crippen LogP contribution >= 0.6 is 0 Å². The highest BCUT2D eigenvalue weighted by Crippen LogP contribution is 2.11. The predicted molar refractivity (Wildman–Crippen MR) is 103 cm³/mol. The number of amides is 1. The molecule has 0 spiro atoms. The maximum absolute atomic E-state index is 12.2. The van der Waals surface area contributed by atoms with Gasteiger partial charge in [-0.3, -0.25) is 14.6 Å². The molecule has 1 heterocycles. The van der Waals surface area contributed by atoms with Gasteiger partial charge in [-0.1, -0.05) is 47.5 Å². The number of aryl methyl sites for hydroxylation is 2. The highest BCUT2D eigenvalue weighted by atomic mass is 16.2. The lowest BCUT2D eigenvalue weighted by Gasteiger charge is -2.34. The number of rotatable bonds is 5. The number of hydrogen-bond acceptors (Lipinski definition) is 3. The number of nitrogens with zero attached hydrogens (tertiary/aromatic N) is 2. The first-order valence-corrected chi connectivity index (χ1v) is 8.95. The second kappa shape index (κ2) is 8.28. The Kier molecular flexibility index (Phi) is 5.84. The number of carbonyl (C=O) groups is 1. The molecule has 3 rings (SSSR count). The fourth-order valence-electron chi connectivity index (χ4n) is 3.21. The van der Waals surface area contributed by atoms with Crippen molar-refractivity contribution in [2.75, 3.05) is 38.0 Å². The second-order valence-electron chi connectivity index (χ2n) is 6.96. The van der Waals surface area contributed by atoms with E-state index >= 15 is 0 Å². The molecule has 1 aliphatic rings. The van der Waals surface area contributed by atoms with Crippen LogP contribution < -0.4 is 5.32 Å². The van der Waals surface area contributed by atoms with Crippen molar-refractivity contribution in [1.29, 1.82) is 0 Å². The van der Waals surface area contributed by atoms with E-state index in [0.717, 1.165) is 38.4 Å². The first-order valence-electron chi connectivity index (χ1n) is 8.95. The summed E-state index contributed by atoms with van der Waals surface area (Å²) in [5.74, 6) is 0.0657. The summed E-state index contributed by atoms with van der Waals surface area (Å²) >= 11 is 0. The molecular formula is C21H27N3O. The van der Waals surface area contributed by atoms with Crippen molar-refractivity contribution in [2.24, 2.45) is 0 Å². The molecule has 1 aliphatic heterocycles. The van der Waals surface area contributed by atoms with Gasteiger partial charge in [0.15, 0.2) is 0 Å². The van der Waals surface area contributed by atoms with Crippen LogP contribution in [0.3, 0.4) is 0 Å². The Labute approximate surface area is 150 Å². The summed E-state index contributed by atoms with van der Waals surface area (Å²) in [6, 6.07) is 16.6. The van der Waals surface area contributed by atoms with Gasteiger partial charge in [0.2, 0.25) is 5.91 Å². The summed E-state index contributed by atoms with van der Waals surface area (Å²) in [6.07, 6.45) is 0. The standard InChI is InChI=1S/C21H27N3O/c1-17-6-8-20(9-7-17)22-21(25)16-24-12-10-23(11-13-24)15-19-5-3-4-18(2)14-19/h3-9,14H,10-13,15-16H2,1-2H3,(H,22,25). The summed E-state index contributed by atoms with van der Waals surface area (Å²) in [5.41, 5.74) is 4.74. The molecule has 1 fully saturated rings. The summed E-state index contributed by atoms with van der Waals surface area (Å²) in [5, 5.41) is 2.98. The maximum Gasteiger partial charge on any atom is 0.238 e. The molecule has 25 heavy (non-hydrogen) atoms. The topological polar surface area (TPSA) is 35.6 Å². The van der Waals surface area contributed by atoms with Gasteiger partial charge in [0.1, 0.15) is 0 Å². The van der Waals surface area contributed by atoms with Gasteiger partial charge in [0, 0.05) is 38.4 Å². The van der Waals surface area contributed by atoms with Crippen LogP contribution in [0.15, 0.2) is 48.5 Å². The highest BCUT2D eigenvalue weighted by Gasteiger charge is 2.19. The maximum atomic E-state index is 12.2. The number of benzene rings is 2. The van der Waals surface area contributed by atoms with Crippen LogP contribution in [-0.2, 0) is 11.3 Å². The quantitative estimate of drug-likeness (QED) is 0.911. The van der Waals surface area contributed by atoms with Crippen molar-refractivity contribution in [1.82, 2.24) is 9.80 Å². The smallest absolute Gasteiger partial charge is 0.238 e. The molecule has 1 saturated heterocycles. The molecule has 0 unspecified atom stereocenters. The minimum absolute atomic E-state index is 0.0657. The first-order chi connectivity index (χ1) is 12.1. The van der Waals surface area contributed by atoms with Crippen molar-refractivity contribution >= 4 is 11.6 Å². The number of anilines is 1. The average Bonchev–Trinajstić information content (AvgIpc) is 2.59. The lowest BCUT2D eigenvalue weighted by Crippen LogP contribution is -2.48. The zero-order valence-corrected chi connectivity index (χ0v) is 15.2. The molecular weight excluding hydrogens is 310 g/mol. The molecule has 1 amide bonds. The molecule has 0 atom stereocenters. The molecule has 0 radical (unpaired) electrons. The first kappa shape index (κ1) is 17.6. The third-order valence-electron chi connectivity index (χ3n) is 4.66. The van der Waals surface area contributed by atoms with E-state index in [0.29, 0.717) is 6.54 Å². The summed E-state index contributed by atoms with van der Waals surface area (Å²) < 4.78 is 0. The van der Waals surface area contributed by atoms with E-state index < -0.39 is 0 Å². The monoisotopic (exact) mass is 337 g/mol. The fraction of sp³-hybridized carbons (Fsp3) is 0.381. The molecule has 0 aromatic heterocycles. The molecule has 0 aliphatic carbocycles. The second-order valence-corrected chi connectivity index (χ2v) is 6.96. The third kappa shape index (κ3) is 5.41. The van der Waals surface area contributed by atoms with E-state index in [4.69, 9.17) is 0 Å². The van der Waals surface area contributed by atoms with Crippen molar-refractivity contribution in [2.45, 2.75) is 20.4 Å². The van der Waals surface area contributed by atoms with Crippen LogP contribution in [0.25, 0.3) is 0 Å². The molecule has 0 saturated carbocycles. The molecule has 2 aromatic carbocycles. The van der Waals surface area contributed by atoms with Crippen LogP contribution in [0.5, 0.6) is 0 Å². The molecule has 4 heteroatoms. The van der Waals surface area contributed by atoms with Crippen molar-refractivity contribution in [3.63, 3.8) is 0 Å². The minimum atomic E-state index is 0.0657. The Morgan fingerprint density at radius 3 is 2.28 bits per heavy atom. The van der Waals surface area contributed by atoms with Gasteiger partial charge in [-0.25, -0.2) is 0 Å². The van der Waals surface area contributed by atoms with E-state index in [1.54, 1.807) is 0 Å². The zero-order chi connectivity index (χ0) is 17.6. The van der Waals surface area contributed by atoms with Crippen molar-refractivity contribution in [3.05, 3.63) is 65.2 Å². The fourth-order valence-corrected chi connectivity index (χ4v) is 3.21. The highest BCUT2D eigenvalue weighted by molar-refractivity contribution is 5.92. The van der Waals surface area contributed by atoms with E-state index in [2.05, 4.69) is 46.3 Å². The van der Waals surface area contributed by atoms with Gasteiger partial charge in [0.25, 0.3) is 0 Å². The average molecular weight is 337 g/mol. The number of nitrogens with one attached hydrogen (secondary N) is 1. The zero-order valence-electron chi connectivity index (χ0n) is 15.2. The Bertz CT molecular complexity index is 703. The normalized spacial score (nSPS) is 15.9. The van der Waals surface area contributed by atoms with Crippen molar-refractivity contribution in [3.8, 4) is 0 Å². The van der Waals surface area contributed by atoms with Gasteiger partial charge in [-0.05, 0) is 31.5 Å².